The molecule has 0 amide bonds. The summed E-state index contributed by atoms with van der Waals surface area (Å²) in [5.41, 5.74) is 1.63. The molecule has 1 heteroatoms. The average molecular weight is 256 g/mol. The van der Waals surface area contributed by atoms with Crippen molar-refractivity contribution < 1.29 is 4.57 Å². The Bertz CT molecular complexity index is 549. The van der Waals surface area contributed by atoms with Gasteiger partial charge in [0.2, 0.25) is 0 Å². The molecule has 0 spiro atoms. The Balaban J connectivity index is 2.52. The molecule has 0 saturated carbocycles. The fourth-order valence-corrected chi connectivity index (χ4v) is 2.71. The quantitative estimate of drug-likeness (QED) is 0.555. The minimum atomic E-state index is 0.144. The van der Waals surface area contributed by atoms with Gasteiger partial charge in [-0.25, -0.2) is 0 Å². The number of unbranched alkanes of at least 4 members (excludes halogenated alkanes) is 2. The van der Waals surface area contributed by atoms with E-state index >= 15 is 0 Å². The third kappa shape index (κ3) is 3.15. The van der Waals surface area contributed by atoms with Crippen LogP contribution in [-0.2, 0) is 12.0 Å². The van der Waals surface area contributed by atoms with E-state index in [0.29, 0.717) is 0 Å². The lowest BCUT2D eigenvalue weighted by atomic mass is 10.0. The van der Waals surface area contributed by atoms with Crippen LogP contribution in [0.5, 0.6) is 0 Å². The molecule has 1 nitrogen and oxygen atoms in total. The summed E-state index contributed by atoms with van der Waals surface area (Å²) in [6.45, 7) is 9.11. The molecule has 0 fully saturated rings. The van der Waals surface area contributed by atoms with Gasteiger partial charge in [-0.3, -0.25) is 0 Å². The standard InChI is InChI=1S/C18H26N/c1-5-6-7-12-17-16-11-9-8-10-15(16)13-14-19(17)18(2,3)4/h8-11,13-14H,5-7,12H2,1-4H3/q+1. The normalized spacial score (nSPS) is 12.0. The Kier molecular flexibility index (Phi) is 4.24. The molecule has 102 valence electrons. The first kappa shape index (κ1) is 14.0. The van der Waals surface area contributed by atoms with E-state index in [2.05, 4.69) is 68.8 Å². The smallest absolute Gasteiger partial charge is 0.189 e. The summed E-state index contributed by atoms with van der Waals surface area (Å²) >= 11 is 0. The molecule has 0 unspecified atom stereocenters. The van der Waals surface area contributed by atoms with Crippen LogP contribution in [0.3, 0.4) is 0 Å². The molecule has 0 aliphatic heterocycles. The van der Waals surface area contributed by atoms with E-state index in [9.17, 15) is 0 Å². The number of benzene rings is 1. The monoisotopic (exact) mass is 256 g/mol. The van der Waals surface area contributed by atoms with Crippen LogP contribution in [-0.4, -0.2) is 0 Å². The van der Waals surface area contributed by atoms with E-state index in [4.69, 9.17) is 0 Å². The zero-order valence-corrected chi connectivity index (χ0v) is 12.7. The second-order valence-corrected chi connectivity index (χ2v) is 6.35. The van der Waals surface area contributed by atoms with Gasteiger partial charge in [0.15, 0.2) is 17.4 Å². The van der Waals surface area contributed by atoms with Gasteiger partial charge in [-0.05, 0) is 17.9 Å². The lowest BCUT2D eigenvalue weighted by Gasteiger charge is -2.18. The van der Waals surface area contributed by atoms with Crippen molar-refractivity contribution in [1.82, 2.24) is 0 Å². The first-order valence-corrected chi connectivity index (χ1v) is 7.47. The summed E-state index contributed by atoms with van der Waals surface area (Å²) in [5.74, 6) is 0. The number of aryl methyl sites for hydroxylation is 1. The highest BCUT2D eigenvalue weighted by Gasteiger charge is 2.26. The number of fused-ring (bicyclic) bond motifs is 1. The summed E-state index contributed by atoms with van der Waals surface area (Å²) in [6, 6.07) is 11.0. The number of aromatic nitrogens is 1. The van der Waals surface area contributed by atoms with Crippen LogP contribution in [0.1, 0.15) is 52.7 Å². The third-order valence-corrected chi connectivity index (χ3v) is 3.71. The minimum absolute atomic E-state index is 0.144. The topological polar surface area (TPSA) is 3.88 Å². The van der Waals surface area contributed by atoms with Gasteiger partial charge in [0.05, 0.1) is 0 Å². The average Bonchev–Trinajstić information content (AvgIpc) is 2.37. The lowest BCUT2D eigenvalue weighted by Crippen LogP contribution is -2.53. The number of hydrogen-bond acceptors (Lipinski definition) is 0. The summed E-state index contributed by atoms with van der Waals surface area (Å²) < 4.78 is 2.45. The van der Waals surface area contributed by atoms with Crippen LogP contribution in [0.4, 0.5) is 0 Å². The number of rotatable bonds is 4. The fourth-order valence-electron chi connectivity index (χ4n) is 2.71. The molecule has 0 radical (unpaired) electrons. The maximum atomic E-state index is 2.45. The van der Waals surface area contributed by atoms with Crippen molar-refractivity contribution >= 4 is 10.8 Å². The van der Waals surface area contributed by atoms with E-state index in [1.165, 1.54) is 42.1 Å². The van der Waals surface area contributed by atoms with Crippen LogP contribution in [0.15, 0.2) is 36.5 Å². The molecular weight excluding hydrogens is 230 g/mol. The van der Waals surface area contributed by atoms with Gasteiger partial charge in [0, 0.05) is 38.6 Å². The highest BCUT2D eigenvalue weighted by atomic mass is 15.0. The summed E-state index contributed by atoms with van der Waals surface area (Å²) in [5, 5.41) is 2.77. The van der Waals surface area contributed by atoms with Gasteiger partial charge < -0.3 is 0 Å². The number of hydrogen-bond donors (Lipinski definition) is 0. The minimum Gasteiger partial charge on any atom is -0.197 e. The van der Waals surface area contributed by atoms with Crippen LogP contribution in [0, 0.1) is 0 Å². The van der Waals surface area contributed by atoms with Crippen molar-refractivity contribution in [2.45, 2.75) is 58.9 Å². The SMILES string of the molecule is CCCCCc1c2ccccc2cc[n+]1C(C)(C)C. The van der Waals surface area contributed by atoms with E-state index in [0.717, 1.165) is 0 Å². The fraction of sp³-hybridized carbons (Fsp3) is 0.500. The molecule has 0 saturated heterocycles. The van der Waals surface area contributed by atoms with Gasteiger partial charge in [0.25, 0.3) is 0 Å². The first-order valence-electron chi connectivity index (χ1n) is 7.47. The third-order valence-electron chi connectivity index (χ3n) is 3.71. The molecule has 2 aromatic rings. The summed E-state index contributed by atoms with van der Waals surface area (Å²) in [4.78, 5) is 0. The zero-order chi connectivity index (χ0) is 13.9. The highest BCUT2D eigenvalue weighted by molar-refractivity contribution is 5.83. The lowest BCUT2D eigenvalue weighted by molar-refractivity contribution is -0.759. The van der Waals surface area contributed by atoms with E-state index in [1.54, 1.807) is 0 Å². The second kappa shape index (κ2) is 5.73. The largest absolute Gasteiger partial charge is 0.197 e. The molecular formula is C18H26N+. The molecule has 1 aromatic carbocycles. The first-order chi connectivity index (χ1) is 9.04. The number of nitrogens with zero attached hydrogens (tertiary/aromatic N) is 1. The molecule has 0 atom stereocenters. The van der Waals surface area contributed by atoms with Gasteiger partial charge >= 0.3 is 0 Å². The molecule has 19 heavy (non-hydrogen) atoms. The molecule has 2 rings (SSSR count). The van der Waals surface area contributed by atoms with Crippen LogP contribution < -0.4 is 4.57 Å². The Morgan fingerprint density at radius 2 is 1.74 bits per heavy atom. The van der Waals surface area contributed by atoms with Crippen molar-refractivity contribution in [2.24, 2.45) is 0 Å². The van der Waals surface area contributed by atoms with Crippen LogP contribution in [0.25, 0.3) is 10.8 Å². The van der Waals surface area contributed by atoms with Gasteiger partial charge in [-0.15, -0.1) is 0 Å². The predicted molar refractivity (Wildman–Crippen MR) is 82.4 cm³/mol. The Morgan fingerprint density at radius 1 is 1.00 bits per heavy atom. The van der Waals surface area contributed by atoms with E-state index in [-0.39, 0.29) is 5.54 Å². The Morgan fingerprint density at radius 3 is 2.42 bits per heavy atom. The van der Waals surface area contributed by atoms with Crippen LogP contribution >= 0.6 is 0 Å². The molecule has 0 aliphatic carbocycles. The van der Waals surface area contributed by atoms with E-state index < -0.39 is 0 Å². The van der Waals surface area contributed by atoms with Crippen molar-refractivity contribution in [3.05, 3.63) is 42.2 Å². The van der Waals surface area contributed by atoms with E-state index in [1.807, 2.05) is 0 Å². The molecule has 0 bridgehead atoms. The Labute approximate surface area is 117 Å². The highest BCUT2D eigenvalue weighted by Crippen LogP contribution is 2.20. The molecule has 1 heterocycles. The van der Waals surface area contributed by atoms with Gasteiger partial charge in [-0.1, -0.05) is 38.0 Å². The van der Waals surface area contributed by atoms with Crippen molar-refractivity contribution in [3.8, 4) is 0 Å². The summed E-state index contributed by atoms with van der Waals surface area (Å²) in [6.07, 6.45) is 7.30. The van der Waals surface area contributed by atoms with Crippen molar-refractivity contribution in [1.29, 1.82) is 0 Å². The summed E-state index contributed by atoms with van der Waals surface area (Å²) in [7, 11) is 0. The van der Waals surface area contributed by atoms with Crippen molar-refractivity contribution in [3.63, 3.8) is 0 Å². The zero-order valence-electron chi connectivity index (χ0n) is 12.7. The van der Waals surface area contributed by atoms with Crippen LogP contribution in [0.2, 0.25) is 0 Å². The maximum Gasteiger partial charge on any atom is 0.189 e. The maximum absolute atomic E-state index is 2.45. The molecule has 0 aliphatic rings. The Hall–Kier alpha value is -1.37. The molecule has 0 N–H and O–H groups in total. The molecule has 1 aromatic heterocycles. The number of pyridine rings is 1. The van der Waals surface area contributed by atoms with Crippen molar-refractivity contribution in [2.75, 3.05) is 0 Å². The predicted octanol–water partition coefficient (Wildman–Crippen LogP) is 4.62. The van der Waals surface area contributed by atoms with Gasteiger partial charge in [0.1, 0.15) is 0 Å². The second-order valence-electron chi connectivity index (χ2n) is 6.35. The van der Waals surface area contributed by atoms with Gasteiger partial charge in [-0.2, -0.15) is 4.57 Å².